The lowest BCUT2D eigenvalue weighted by molar-refractivity contribution is 0.0952. The van der Waals surface area contributed by atoms with Gasteiger partial charge in [0.1, 0.15) is 11.6 Å². The van der Waals surface area contributed by atoms with Crippen molar-refractivity contribution in [3.8, 4) is 28.5 Å². The Kier molecular flexibility index (Phi) is 7.08. The van der Waals surface area contributed by atoms with Gasteiger partial charge in [0.25, 0.3) is 5.91 Å². The van der Waals surface area contributed by atoms with E-state index in [2.05, 4.69) is 27.2 Å². The number of carbonyl (C=O) groups excluding carboxylic acids is 1. The Bertz CT molecular complexity index is 1200. The van der Waals surface area contributed by atoms with Crippen molar-refractivity contribution in [3.05, 3.63) is 63.0 Å². The molecule has 2 aromatic carbocycles. The molecule has 0 aliphatic heterocycles. The van der Waals surface area contributed by atoms with Gasteiger partial charge in [0, 0.05) is 23.2 Å². The SMILES string of the molecule is CCCCNC(=O)c1cc(-c2nc(-c3ccc(OCC4CC4)cc3)nc(=O)[nH]2)c(Cl)cc1C. The number of amides is 1. The molecule has 33 heavy (non-hydrogen) atoms. The zero-order valence-corrected chi connectivity index (χ0v) is 19.5. The Morgan fingerprint density at radius 1 is 1.21 bits per heavy atom. The molecule has 0 unspecified atom stereocenters. The minimum Gasteiger partial charge on any atom is -0.493 e. The second-order valence-corrected chi connectivity index (χ2v) is 8.77. The van der Waals surface area contributed by atoms with Crippen LogP contribution in [0.1, 0.15) is 48.5 Å². The number of aromatic nitrogens is 3. The van der Waals surface area contributed by atoms with Crippen molar-refractivity contribution < 1.29 is 9.53 Å². The molecule has 7 nitrogen and oxygen atoms in total. The third kappa shape index (κ3) is 5.79. The molecular formula is C25H27ClN4O3. The minimum atomic E-state index is -0.547. The number of hydrogen-bond acceptors (Lipinski definition) is 5. The van der Waals surface area contributed by atoms with Crippen molar-refractivity contribution in [2.24, 2.45) is 5.92 Å². The monoisotopic (exact) mass is 466 g/mol. The summed E-state index contributed by atoms with van der Waals surface area (Å²) in [4.78, 5) is 36.2. The quantitative estimate of drug-likeness (QED) is 0.442. The normalized spacial score (nSPS) is 13.1. The number of benzene rings is 2. The third-order valence-corrected chi connectivity index (χ3v) is 5.89. The first-order valence-electron chi connectivity index (χ1n) is 11.2. The highest BCUT2D eigenvalue weighted by Gasteiger charge is 2.22. The average Bonchev–Trinajstić information content (AvgIpc) is 3.62. The highest BCUT2D eigenvalue weighted by molar-refractivity contribution is 6.33. The first kappa shape index (κ1) is 23.0. The molecule has 172 valence electrons. The lowest BCUT2D eigenvalue weighted by Gasteiger charge is -2.12. The van der Waals surface area contributed by atoms with E-state index in [-0.39, 0.29) is 17.6 Å². The summed E-state index contributed by atoms with van der Waals surface area (Å²) in [7, 11) is 0. The lowest BCUT2D eigenvalue weighted by atomic mass is 10.0. The van der Waals surface area contributed by atoms with Crippen LogP contribution in [0.2, 0.25) is 5.02 Å². The second kappa shape index (κ2) is 10.2. The molecule has 1 fully saturated rings. The van der Waals surface area contributed by atoms with Crippen molar-refractivity contribution in [2.45, 2.75) is 39.5 Å². The average molecular weight is 467 g/mol. The Labute approximate surface area is 197 Å². The maximum Gasteiger partial charge on any atom is 0.348 e. The molecule has 2 N–H and O–H groups in total. The van der Waals surface area contributed by atoms with Crippen LogP contribution in [0.3, 0.4) is 0 Å². The summed E-state index contributed by atoms with van der Waals surface area (Å²) in [5, 5.41) is 3.31. The molecule has 1 aliphatic rings. The maximum absolute atomic E-state index is 12.7. The molecular weight excluding hydrogens is 440 g/mol. The number of rotatable bonds is 9. The van der Waals surface area contributed by atoms with E-state index in [1.165, 1.54) is 12.8 Å². The van der Waals surface area contributed by atoms with Crippen LogP contribution in [0.15, 0.2) is 41.2 Å². The Morgan fingerprint density at radius 3 is 2.67 bits per heavy atom. The molecule has 1 saturated carbocycles. The summed E-state index contributed by atoms with van der Waals surface area (Å²) in [6.07, 6.45) is 4.35. The van der Waals surface area contributed by atoms with Crippen LogP contribution in [0.4, 0.5) is 0 Å². The highest BCUT2D eigenvalue weighted by Crippen LogP contribution is 2.31. The lowest BCUT2D eigenvalue weighted by Crippen LogP contribution is -2.25. The molecule has 1 aliphatic carbocycles. The second-order valence-electron chi connectivity index (χ2n) is 8.36. The zero-order chi connectivity index (χ0) is 23.4. The zero-order valence-electron chi connectivity index (χ0n) is 18.8. The van der Waals surface area contributed by atoms with Gasteiger partial charge in [-0.15, -0.1) is 0 Å². The number of aryl methyl sites for hydroxylation is 1. The number of nitrogens with one attached hydrogen (secondary N) is 2. The predicted molar refractivity (Wildman–Crippen MR) is 129 cm³/mol. The first-order chi connectivity index (χ1) is 15.9. The van der Waals surface area contributed by atoms with Gasteiger partial charge in [-0.1, -0.05) is 24.9 Å². The van der Waals surface area contributed by atoms with E-state index in [1.54, 1.807) is 12.1 Å². The molecule has 0 atom stereocenters. The van der Waals surface area contributed by atoms with Gasteiger partial charge < -0.3 is 10.1 Å². The van der Waals surface area contributed by atoms with Crippen LogP contribution >= 0.6 is 11.6 Å². The van der Waals surface area contributed by atoms with E-state index in [9.17, 15) is 9.59 Å². The van der Waals surface area contributed by atoms with E-state index in [4.69, 9.17) is 16.3 Å². The van der Waals surface area contributed by atoms with E-state index < -0.39 is 5.69 Å². The molecule has 0 saturated heterocycles. The van der Waals surface area contributed by atoms with Gasteiger partial charge in [-0.05, 0) is 74.1 Å². The first-order valence-corrected chi connectivity index (χ1v) is 11.6. The Balaban J connectivity index is 1.62. The van der Waals surface area contributed by atoms with E-state index >= 15 is 0 Å². The van der Waals surface area contributed by atoms with Gasteiger partial charge in [-0.25, -0.2) is 9.78 Å². The standard InChI is InChI=1S/C25H27ClN4O3/c1-3-4-11-27-24(31)19-13-20(21(26)12-15(19)2)23-28-22(29-25(32)30-23)17-7-9-18(10-8-17)33-14-16-5-6-16/h7-10,12-13,16H,3-6,11,14H2,1-2H3,(H,27,31)(H,28,29,30,32). The molecule has 8 heteroatoms. The number of hydrogen-bond donors (Lipinski definition) is 2. The number of unbranched alkanes of at least 4 members (excludes halogenated alkanes) is 1. The molecule has 1 heterocycles. The third-order valence-electron chi connectivity index (χ3n) is 5.58. The summed E-state index contributed by atoms with van der Waals surface area (Å²) < 4.78 is 5.77. The van der Waals surface area contributed by atoms with Gasteiger partial charge in [0.05, 0.1) is 11.6 Å². The van der Waals surface area contributed by atoms with Gasteiger partial charge in [0.2, 0.25) is 0 Å². The van der Waals surface area contributed by atoms with E-state index in [1.807, 2.05) is 31.2 Å². The fourth-order valence-electron chi connectivity index (χ4n) is 3.41. The Hall–Kier alpha value is -3.19. The minimum absolute atomic E-state index is 0.183. The van der Waals surface area contributed by atoms with Crippen molar-refractivity contribution in [2.75, 3.05) is 13.2 Å². The molecule has 1 aromatic heterocycles. The van der Waals surface area contributed by atoms with Gasteiger partial charge in [-0.2, -0.15) is 4.98 Å². The summed E-state index contributed by atoms with van der Waals surface area (Å²) >= 11 is 6.47. The van der Waals surface area contributed by atoms with Gasteiger partial charge in [-0.3, -0.25) is 9.78 Å². The van der Waals surface area contributed by atoms with Crippen LogP contribution in [-0.2, 0) is 0 Å². The molecule has 1 amide bonds. The van der Waals surface area contributed by atoms with Crippen LogP contribution < -0.4 is 15.7 Å². The molecule has 0 radical (unpaired) electrons. The van der Waals surface area contributed by atoms with Crippen molar-refractivity contribution in [1.29, 1.82) is 0 Å². The smallest absolute Gasteiger partial charge is 0.348 e. The summed E-state index contributed by atoms with van der Waals surface area (Å²) in [6.45, 7) is 5.22. The van der Waals surface area contributed by atoms with Crippen LogP contribution in [0.25, 0.3) is 22.8 Å². The van der Waals surface area contributed by atoms with Crippen molar-refractivity contribution in [3.63, 3.8) is 0 Å². The molecule has 0 bridgehead atoms. The number of halogens is 1. The topological polar surface area (TPSA) is 97.0 Å². The van der Waals surface area contributed by atoms with Crippen LogP contribution in [0, 0.1) is 12.8 Å². The predicted octanol–water partition coefficient (Wildman–Crippen LogP) is 4.78. The van der Waals surface area contributed by atoms with Crippen molar-refractivity contribution >= 4 is 17.5 Å². The molecule has 4 rings (SSSR count). The number of aromatic amines is 1. The van der Waals surface area contributed by atoms with Crippen molar-refractivity contribution in [1.82, 2.24) is 20.3 Å². The van der Waals surface area contributed by atoms with E-state index in [0.29, 0.717) is 34.2 Å². The largest absolute Gasteiger partial charge is 0.493 e. The van der Waals surface area contributed by atoms with E-state index in [0.717, 1.165) is 30.8 Å². The maximum atomic E-state index is 12.7. The fourth-order valence-corrected chi connectivity index (χ4v) is 3.72. The number of H-pyrrole nitrogens is 1. The summed E-state index contributed by atoms with van der Waals surface area (Å²) in [5.74, 6) is 1.79. The van der Waals surface area contributed by atoms with Crippen LogP contribution in [0.5, 0.6) is 5.75 Å². The number of nitrogens with zero attached hydrogens (tertiary/aromatic N) is 2. The van der Waals surface area contributed by atoms with Gasteiger partial charge in [0.15, 0.2) is 5.82 Å². The van der Waals surface area contributed by atoms with Crippen LogP contribution in [-0.4, -0.2) is 34.0 Å². The molecule has 0 spiro atoms. The highest BCUT2D eigenvalue weighted by atomic mass is 35.5. The molecule has 3 aromatic rings. The Morgan fingerprint density at radius 2 is 1.97 bits per heavy atom. The fraction of sp³-hybridized carbons (Fsp3) is 0.360. The number of carbonyl (C=O) groups is 1. The number of ether oxygens (including phenoxy) is 1. The summed E-state index contributed by atoms with van der Waals surface area (Å²) in [5.41, 5.74) is 1.84. The summed E-state index contributed by atoms with van der Waals surface area (Å²) in [6, 6.07) is 10.7. The van der Waals surface area contributed by atoms with Gasteiger partial charge >= 0.3 is 5.69 Å².